The third-order valence-electron chi connectivity index (χ3n) is 7.70. The number of aromatic nitrogens is 4. The monoisotopic (exact) mass is 515 g/mol. The molecule has 0 bridgehead atoms. The number of ether oxygens (including phenoxy) is 2. The van der Waals surface area contributed by atoms with Crippen molar-refractivity contribution < 1.29 is 20.7 Å². The van der Waals surface area contributed by atoms with E-state index in [-0.39, 0.29) is 14.4 Å². The molecule has 196 valence electrons. The zero-order valence-electron chi connectivity index (χ0n) is 21.4. The van der Waals surface area contributed by atoms with Crippen LogP contribution in [0.25, 0.3) is 22.6 Å². The van der Waals surface area contributed by atoms with Gasteiger partial charge in [0.15, 0.2) is 27.2 Å². The molecule has 2 aliphatic heterocycles. The van der Waals surface area contributed by atoms with Crippen molar-refractivity contribution in [1.82, 2.24) is 20.2 Å². The summed E-state index contributed by atoms with van der Waals surface area (Å²) in [6.07, 6.45) is 4.63. The zero-order chi connectivity index (χ0) is 25.7. The highest BCUT2D eigenvalue weighted by Gasteiger charge is 2.50. The molecule has 1 N–H and O–H groups in total. The SMILES string of the molecule is CC[C@@H]1COC[C@@]2(CC)COc3c(nc(-c4ccc(-c5ccn[nH]5)cc4)nc3C(C)(C)S(C)(=O)=O)N12.[HH].[HH]. The van der Waals surface area contributed by atoms with Gasteiger partial charge in [-0.2, -0.15) is 5.10 Å². The first kappa shape index (κ1) is 24.7. The number of nitrogens with zero attached hydrogens (tertiary/aromatic N) is 4. The molecule has 36 heavy (non-hydrogen) atoms. The van der Waals surface area contributed by atoms with Crippen molar-refractivity contribution in [3.8, 4) is 28.4 Å². The summed E-state index contributed by atoms with van der Waals surface area (Å²) in [4.78, 5) is 12.2. The Bertz CT molecular complexity index is 1370. The Labute approximate surface area is 215 Å². The zero-order valence-corrected chi connectivity index (χ0v) is 22.2. The van der Waals surface area contributed by atoms with E-state index < -0.39 is 14.6 Å². The van der Waals surface area contributed by atoms with E-state index in [1.165, 1.54) is 6.26 Å². The van der Waals surface area contributed by atoms with E-state index in [9.17, 15) is 8.42 Å². The summed E-state index contributed by atoms with van der Waals surface area (Å²) in [6, 6.07) is 9.85. The number of hydrogen-bond acceptors (Lipinski definition) is 8. The van der Waals surface area contributed by atoms with E-state index in [0.717, 1.165) is 29.7 Å². The number of fused-ring (bicyclic) bond motifs is 3. The number of benzene rings is 1. The Morgan fingerprint density at radius 1 is 1.14 bits per heavy atom. The van der Waals surface area contributed by atoms with Crippen molar-refractivity contribution in [3.05, 3.63) is 42.2 Å². The van der Waals surface area contributed by atoms with Crippen molar-refractivity contribution in [2.45, 2.75) is 56.9 Å². The lowest BCUT2D eigenvalue weighted by atomic mass is 9.89. The maximum absolute atomic E-state index is 12.9. The van der Waals surface area contributed by atoms with E-state index in [4.69, 9.17) is 19.4 Å². The number of anilines is 1. The number of rotatable bonds is 6. The van der Waals surface area contributed by atoms with E-state index in [1.807, 2.05) is 30.3 Å². The second-order valence-corrected chi connectivity index (χ2v) is 12.8. The molecule has 0 saturated carbocycles. The van der Waals surface area contributed by atoms with Crippen LogP contribution in [0.4, 0.5) is 5.82 Å². The van der Waals surface area contributed by atoms with Gasteiger partial charge in [0, 0.05) is 20.9 Å². The fourth-order valence-corrected chi connectivity index (χ4v) is 5.46. The van der Waals surface area contributed by atoms with Crippen LogP contribution in [0.15, 0.2) is 36.5 Å². The molecule has 3 aromatic rings. The maximum Gasteiger partial charge on any atom is 0.185 e. The number of nitrogens with one attached hydrogen (secondary N) is 1. The van der Waals surface area contributed by atoms with Gasteiger partial charge in [-0.15, -0.1) is 0 Å². The number of H-pyrrole nitrogens is 1. The van der Waals surface area contributed by atoms with Gasteiger partial charge in [0.05, 0.1) is 30.5 Å². The van der Waals surface area contributed by atoms with Crippen LogP contribution in [-0.2, 0) is 19.3 Å². The van der Waals surface area contributed by atoms with Crippen LogP contribution in [0.3, 0.4) is 0 Å². The molecule has 0 unspecified atom stereocenters. The van der Waals surface area contributed by atoms with Crippen LogP contribution in [0.5, 0.6) is 5.75 Å². The Balaban J connectivity index is 0.00000200. The number of hydrogen-bond donors (Lipinski definition) is 1. The summed E-state index contributed by atoms with van der Waals surface area (Å²) in [5.41, 5.74) is 2.70. The van der Waals surface area contributed by atoms with Gasteiger partial charge in [0.25, 0.3) is 0 Å². The minimum atomic E-state index is -3.52. The average molecular weight is 516 g/mol. The summed E-state index contributed by atoms with van der Waals surface area (Å²) in [5.74, 6) is 1.56. The molecule has 9 nitrogen and oxygen atoms in total. The maximum atomic E-state index is 12.9. The standard InChI is InChI=1S/C26H33N5O4S.2H2/c1-6-19-14-34-15-26(7-2)16-35-21-22(25(3,4)36(5,32)33)28-23(29-24(21)31(19)26)18-10-8-17(9-11-18)20-12-13-27-30-20;;/h8-13,19H,6-7,14-16H2,1-5H3,(H,27,30);2*1H/t19-,26+;;/m1../s1. The Kier molecular flexibility index (Phi) is 6.07. The van der Waals surface area contributed by atoms with Crippen molar-refractivity contribution in [1.29, 1.82) is 0 Å². The minimum absolute atomic E-state index is 0. The van der Waals surface area contributed by atoms with E-state index >= 15 is 0 Å². The van der Waals surface area contributed by atoms with E-state index in [1.54, 1.807) is 20.0 Å². The molecule has 5 rings (SSSR count). The summed E-state index contributed by atoms with van der Waals surface area (Å²) in [5, 5.41) is 6.99. The largest absolute Gasteiger partial charge is 0.485 e. The predicted octanol–water partition coefficient (Wildman–Crippen LogP) is 4.46. The molecule has 4 heterocycles. The van der Waals surface area contributed by atoms with Crippen LogP contribution in [-0.4, -0.2) is 66.2 Å². The molecule has 2 aliphatic rings. The first-order valence-corrected chi connectivity index (χ1v) is 14.2. The molecule has 1 saturated heterocycles. The van der Waals surface area contributed by atoms with Gasteiger partial charge in [-0.25, -0.2) is 18.4 Å². The average Bonchev–Trinajstić information content (AvgIpc) is 3.42. The topological polar surface area (TPSA) is 110 Å². The molecule has 2 atom stereocenters. The quantitative estimate of drug-likeness (QED) is 0.512. The molecule has 1 fully saturated rings. The second kappa shape index (κ2) is 8.85. The van der Waals surface area contributed by atoms with E-state index in [2.05, 4.69) is 28.9 Å². The van der Waals surface area contributed by atoms with Crippen molar-refractivity contribution in [3.63, 3.8) is 0 Å². The third kappa shape index (κ3) is 3.87. The van der Waals surface area contributed by atoms with Crippen LogP contribution in [0.2, 0.25) is 0 Å². The van der Waals surface area contributed by atoms with E-state index in [0.29, 0.717) is 42.9 Å². The summed E-state index contributed by atoms with van der Waals surface area (Å²) in [7, 11) is -3.52. The predicted molar refractivity (Wildman–Crippen MR) is 143 cm³/mol. The van der Waals surface area contributed by atoms with Gasteiger partial charge in [-0.05, 0) is 38.3 Å². The molecular weight excluding hydrogens is 478 g/mol. The van der Waals surface area contributed by atoms with Crippen LogP contribution in [0.1, 0.15) is 49.1 Å². The van der Waals surface area contributed by atoms with Gasteiger partial charge in [-0.3, -0.25) is 5.10 Å². The van der Waals surface area contributed by atoms with Crippen LogP contribution < -0.4 is 9.64 Å². The highest BCUT2D eigenvalue weighted by atomic mass is 32.2. The van der Waals surface area contributed by atoms with Gasteiger partial charge < -0.3 is 14.4 Å². The molecule has 10 heteroatoms. The Hall–Kier alpha value is -2.98. The Morgan fingerprint density at radius 3 is 2.47 bits per heavy atom. The number of aromatic amines is 1. The molecule has 2 aromatic heterocycles. The van der Waals surface area contributed by atoms with Crippen molar-refractivity contribution >= 4 is 15.7 Å². The summed E-state index contributed by atoms with van der Waals surface area (Å²) >= 11 is 0. The minimum Gasteiger partial charge on any atom is -0.485 e. The smallest absolute Gasteiger partial charge is 0.185 e. The summed E-state index contributed by atoms with van der Waals surface area (Å²) in [6.45, 7) is 9.12. The first-order chi connectivity index (χ1) is 17.1. The van der Waals surface area contributed by atoms with Crippen molar-refractivity contribution in [2.24, 2.45) is 0 Å². The van der Waals surface area contributed by atoms with Crippen LogP contribution >= 0.6 is 0 Å². The lowest BCUT2D eigenvalue weighted by molar-refractivity contribution is -0.00677. The molecule has 0 radical (unpaired) electrons. The van der Waals surface area contributed by atoms with Crippen molar-refractivity contribution in [2.75, 3.05) is 31.0 Å². The van der Waals surface area contributed by atoms with Gasteiger partial charge in [0.1, 0.15) is 17.0 Å². The highest BCUT2D eigenvalue weighted by Crippen LogP contribution is 2.48. The molecule has 1 aromatic carbocycles. The van der Waals surface area contributed by atoms with Gasteiger partial charge in [0.2, 0.25) is 0 Å². The van der Waals surface area contributed by atoms with Gasteiger partial charge in [-0.1, -0.05) is 38.1 Å². The molecule has 0 aliphatic carbocycles. The molecule has 0 spiro atoms. The third-order valence-corrected chi connectivity index (χ3v) is 9.75. The lowest BCUT2D eigenvalue weighted by Gasteiger charge is -2.54. The molecular formula is C26H37N5O4S. The Morgan fingerprint density at radius 2 is 1.86 bits per heavy atom. The number of morpholine rings is 1. The number of sulfone groups is 1. The van der Waals surface area contributed by atoms with Gasteiger partial charge >= 0.3 is 0 Å². The summed E-state index contributed by atoms with van der Waals surface area (Å²) < 4.78 is 36.9. The fraction of sp³-hybridized carbons (Fsp3) is 0.500. The molecule has 0 amide bonds. The highest BCUT2D eigenvalue weighted by molar-refractivity contribution is 7.91. The lowest BCUT2D eigenvalue weighted by Crippen LogP contribution is -2.66. The first-order valence-electron chi connectivity index (χ1n) is 12.3. The normalized spacial score (nSPS) is 22.0. The fourth-order valence-electron chi connectivity index (χ4n) is 4.97. The second-order valence-electron chi connectivity index (χ2n) is 10.2. The van der Waals surface area contributed by atoms with Crippen LogP contribution in [0, 0.1) is 0 Å².